The summed E-state index contributed by atoms with van der Waals surface area (Å²) in [6.07, 6.45) is -0.657. The van der Waals surface area contributed by atoms with Gasteiger partial charge in [0.15, 0.2) is 6.10 Å². The molecule has 3 rings (SSSR count). The maximum atomic E-state index is 12.5. The molecule has 0 fully saturated rings. The van der Waals surface area contributed by atoms with E-state index in [1.165, 1.54) is 4.90 Å². The highest BCUT2D eigenvalue weighted by atomic mass is 35.5. The first-order valence-electron chi connectivity index (χ1n) is 8.49. The average molecular weight is 386 g/mol. The van der Waals surface area contributed by atoms with Gasteiger partial charge in [-0.25, -0.2) is 0 Å². The van der Waals surface area contributed by atoms with Gasteiger partial charge in [0.25, 0.3) is 5.91 Å². The van der Waals surface area contributed by atoms with Gasteiger partial charge >= 0.3 is 0 Å². The Morgan fingerprint density at radius 3 is 2.70 bits per heavy atom. The van der Waals surface area contributed by atoms with E-state index >= 15 is 0 Å². The quantitative estimate of drug-likeness (QED) is 0.638. The van der Waals surface area contributed by atoms with Crippen molar-refractivity contribution in [2.75, 3.05) is 7.05 Å². The number of ether oxygens (including phenoxy) is 1. The predicted molar refractivity (Wildman–Crippen MR) is 102 cm³/mol. The second-order valence-corrected chi connectivity index (χ2v) is 6.73. The first-order chi connectivity index (χ1) is 12.9. The number of rotatable bonds is 6. The molecule has 0 spiro atoms. The van der Waals surface area contributed by atoms with Crippen molar-refractivity contribution in [3.05, 3.63) is 65.0 Å². The Bertz CT molecular complexity index is 924. The number of hydrogen-bond donors (Lipinski definition) is 0. The highest BCUT2D eigenvalue weighted by Gasteiger charge is 2.21. The Kier molecular flexibility index (Phi) is 5.76. The van der Waals surface area contributed by atoms with Gasteiger partial charge in [-0.2, -0.15) is 4.98 Å². The Morgan fingerprint density at radius 2 is 2.00 bits per heavy atom. The number of aryl methyl sites for hydroxylation is 1. The van der Waals surface area contributed by atoms with Crippen molar-refractivity contribution in [2.45, 2.75) is 26.5 Å². The predicted octanol–water partition coefficient (Wildman–Crippen LogP) is 4.12. The van der Waals surface area contributed by atoms with Gasteiger partial charge < -0.3 is 14.2 Å². The molecule has 1 atom stereocenters. The van der Waals surface area contributed by atoms with Crippen molar-refractivity contribution in [2.24, 2.45) is 0 Å². The third kappa shape index (κ3) is 4.86. The number of hydrogen-bond acceptors (Lipinski definition) is 5. The summed E-state index contributed by atoms with van der Waals surface area (Å²) in [5, 5.41) is 4.60. The lowest BCUT2D eigenvalue weighted by atomic mass is 10.1. The smallest absolute Gasteiger partial charge is 0.263 e. The van der Waals surface area contributed by atoms with Crippen molar-refractivity contribution in [1.29, 1.82) is 0 Å². The number of likely N-dealkylation sites (N-methyl/N-ethyl adjacent to an activating group) is 1. The molecule has 0 aliphatic rings. The minimum absolute atomic E-state index is 0.194. The summed E-state index contributed by atoms with van der Waals surface area (Å²) < 4.78 is 10.9. The summed E-state index contributed by atoms with van der Waals surface area (Å²) in [6.45, 7) is 3.89. The van der Waals surface area contributed by atoms with Crippen LogP contribution in [-0.4, -0.2) is 34.1 Å². The Balaban J connectivity index is 1.61. The molecular formula is C20H20ClN3O3. The van der Waals surface area contributed by atoms with Crippen molar-refractivity contribution in [3.8, 4) is 17.1 Å². The fourth-order valence-corrected chi connectivity index (χ4v) is 2.71. The van der Waals surface area contributed by atoms with Gasteiger partial charge in [-0.05, 0) is 44.2 Å². The second-order valence-electron chi connectivity index (χ2n) is 6.29. The number of halogens is 1. The molecule has 0 saturated carbocycles. The van der Waals surface area contributed by atoms with E-state index in [2.05, 4.69) is 10.1 Å². The first-order valence-corrected chi connectivity index (χ1v) is 8.87. The molecule has 140 valence electrons. The first kappa shape index (κ1) is 18.9. The number of nitrogens with zero attached hydrogens (tertiary/aromatic N) is 3. The molecule has 0 aliphatic heterocycles. The Labute approximate surface area is 162 Å². The molecule has 1 heterocycles. The Morgan fingerprint density at radius 1 is 1.26 bits per heavy atom. The number of aromatic nitrogens is 2. The minimum atomic E-state index is -0.657. The number of amides is 1. The van der Waals surface area contributed by atoms with Crippen LogP contribution in [0.2, 0.25) is 5.02 Å². The molecule has 0 aliphatic carbocycles. The van der Waals surface area contributed by atoms with Crippen LogP contribution in [0.3, 0.4) is 0 Å². The Hall–Kier alpha value is -2.86. The van der Waals surface area contributed by atoms with Crippen LogP contribution in [0.15, 0.2) is 53.1 Å². The van der Waals surface area contributed by atoms with E-state index in [0.29, 0.717) is 22.5 Å². The topological polar surface area (TPSA) is 68.5 Å². The van der Waals surface area contributed by atoms with Gasteiger partial charge in [-0.3, -0.25) is 4.79 Å². The highest BCUT2D eigenvalue weighted by molar-refractivity contribution is 6.30. The molecular weight excluding hydrogens is 366 g/mol. The van der Waals surface area contributed by atoms with E-state index in [-0.39, 0.29) is 12.5 Å². The maximum absolute atomic E-state index is 12.5. The van der Waals surface area contributed by atoms with Gasteiger partial charge in [-0.15, -0.1) is 0 Å². The molecule has 1 aromatic heterocycles. The van der Waals surface area contributed by atoms with Crippen LogP contribution in [0.5, 0.6) is 5.75 Å². The van der Waals surface area contributed by atoms with Gasteiger partial charge in [0, 0.05) is 17.6 Å². The normalized spacial score (nSPS) is 11.9. The molecule has 3 aromatic rings. The van der Waals surface area contributed by atoms with E-state index in [1.807, 2.05) is 31.2 Å². The molecule has 6 nitrogen and oxygen atoms in total. The van der Waals surface area contributed by atoms with Gasteiger partial charge in [-0.1, -0.05) is 40.5 Å². The van der Waals surface area contributed by atoms with E-state index < -0.39 is 6.10 Å². The van der Waals surface area contributed by atoms with Crippen molar-refractivity contribution in [3.63, 3.8) is 0 Å². The lowest BCUT2D eigenvalue weighted by Crippen LogP contribution is -2.37. The van der Waals surface area contributed by atoms with Crippen LogP contribution in [-0.2, 0) is 11.3 Å². The summed E-state index contributed by atoms with van der Waals surface area (Å²) in [4.78, 5) is 18.4. The number of benzene rings is 2. The summed E-state index contributed by atoms with van der Waals surface area (Å²) >= 11 is 5.85. The monoisotopic (exact) mass is 385 g/mol. The molecule has 0 saturated heterocycles. The molecule has 0 N–H and O–H groups in total. The summed E-state index contributed by atoms with van der Waals surface area (Å²) in [5.41, 5.74) is 1.98. The van der Waals surface area contributed by atoms with Crippen molar-refractivity contribution in [1.82, 2.24) is 15.0 Å². The summed E-state index contributed by atoms with van der Waals surface area (Å²) in [7, 11) is 1.67. The molecule has 0 bridgehead atoms. The third-order valence-corrected chi connectivity index (χ3v) is 4.22. The van der Waals surface area contributed by atoms with Gasteiger partial charge in [0.2, 0.25) is 11.7 Å². The van der Waals surface area contributed by atoms with Crippen LogP contribution in [0.1, 0.15) is 18.4 Å². The fourth-order valence-electron chi connectivity index (χ4n) is 2.58. The minimum Gasteiger partial charge on any atom is -0.481 e. The summed E-state index contributed by atoms with van der Waals surface area (Å²) in [5.74, 6) is 1.24. The molecule has 7 heteroatoms. The zero-order valence-electron chi connectivity index (χ0n) is 15.3. The van der Waals surface area contributed by atoms with E-state index in [1.54, 1.807) is 38.2 Å². The summed E-state index contributed by atoms with van der Waals surface area (Å²) in [6, 6.07) is 14.7. The van der Waals surface area contributed by atoms with E-state index in [0.717, 1.165) is 11.1 Å². The van der Waals surface area contributed by atoms with E-state index in [4.69, 9.17) is 20.9 Å². The van der Waals surface area contributed by atoms with Crippen LogP contribution >= 0.6 is 11.6 Å². The van der Waals surface area contributed by atoms with Gasteiger partial charge in [0.05, 0.1) is 6.54 Å². The zero-order chi connectivity index (χ0) is 19.4. The molecule has 0 radical (unpaired) electrons. The number of carbonyl (C=O) groups is 1. The number of carbonyl (C=O) groups excluding carboxylic acids is 1. The average Bonchev–Trinajstić information content (AvgIpc) is 3.11. The lowest BCUT2D eigenvalue weighted by molar-refractivity contribution is -0.137. The second kappa shape index (κ2) is 8.22. The highest BCUT2D eigenvalue weighted by Crippen LogP contribution is 2.19. The van der Waals surface area contributed by atoms with Gasteiger partial charge in [0.1, 0.15) is 5.75 Å². The third-order valence-electron chi connectivity index (χ3n) is 3.97. The largest absolute Gasteiger partial charge is 0.481 e. The van der Waals surface area contributed by atoms with Crippen LogP contribution < -0.4 is 4.74 Å². The van der Waals surface area contributed by atoms with Crippen molar-refractivity contribution < 1.29 is 14.1 Å². The van der Waals surface area contributed by atoms with E-state index in [9.17, 15) is 4.79 Å². The standard InChI is InChI=1S/C20H20ClN3O3/c1-13-5-4-6-15(11-13)19-22-18(27-23-19)12-24(3)20(25)14(2)26-17-9-7-16(21)8-10-17/h4-11,14H,12H2,1-3H3. The maximum Gasteiger partial charge on any atom is 0.263 e. The van der Waals surface area contributed by atoms with Crippen LogP contribution in [0, 0.1) is 6.92 Å². The van der Waals surface area contributed by atoms with Crippen LogP contribution in [0.25, 0.3) is 11.4 Å². The van der Waals surface area contributed by atoms with Crippen molar-refractivity contribution >= 4 is 17.5 Å². The zero-order valence-corrected chi connectivity index (χ0v) is 16.1. The molecule has 1 unspecified atom stereocenters. The SMILES string of the molecule is Cc1cccc(-c2noc(CN(C)C(=O)C(C)Oc3ccc(Cl)cc3)n2)c1. The molecule has 27 heavy (non-hydrogen) atoms. The lowest BCUT2D eigenvalue weighted by Gasteiger charge is -2.20. The molecule has 1 amide bonds. The fraction of sp³-hybridized carbons (Fsp3) is 0.250. The van der Waals surface area contributed by atoms with Crippen LogP contribution in [0.4, 0.5) is 0 Å². The molecule has 2 aromatic carbocycles.